The molecule has 0 radical (unpaired) electrons. The van der Waals surface area contributed by atoms with Crippen molar-refractivity contribution in [1.29, 1.82) is 0 Å². The first-order valence-corrected chi connectivity index (χ1v) is 9.03. The molecule has 140 valence electrons. The van der Waals surface area contributed by atoms with Gasteiger partial charge in [0.05, 0.1) is 5.56 Å². The van der Waals surface area contributed by atoms with Gasteiger partial charge in [-0.3, -0.25) is 4.79 Å². The number of likely N-dealkylation sites (N-methyl/N-ethyl adjacent to an activating group) is 1. The zero-order valence-electron chi connectivity index (χ0n) is 15.8. The van der Waals surface area contributed by atoms with E-state index in [0.717, 1.165) is 5.56 Å². The standard InChI is InChI=1S/C21H23N3O3/c1-4-24(5-2)19(25)14-26-18-9-7-6-8-17(18)21-22-20(23-27-21)16-12-10-15(3)11-13-16/h6-13H,4-5,14H2,1-3H3. The summed E-state index contributed by atoms with van der Waals surface area (Å²) in [5, 5.41) is 4.07. The highest BCUT2D eigenvalue weighted by Gasteiger charge is 2.16. The number of benzene rings is 2. The molecule has 0 aliphatic rings. The molecule has 0 spiro atoms. The van der Waals surface area contributed by atoms with Crippen molar-refractivity contribution in [3.63, 3.8) is 0 Å². The summed E-state index contributed by atoms with van der Waals surface area (Å²) in [7, 11) is 0. The Morgan fingerprint density at radius 3 is 2.48 bits per heavy atom. The molecule has 27 heavy (non-hydrogen) atoms. The number of amides is 1. The second-order valence-electron chi connectivity index (χ2n) is 6.14. The Morgan fingerprint density at radius 2 is 1.78 bits per heavy atom. The third-order valence-electron chi connectivity index (χ3n) is 4.32. The molecule has 0 bridgehead atoms. The normalized spacial score (nSPS) is 10.6. The van der Waals surface area contributed by atoms with Crippen LogP contribution in [0.1, 0.15) is 19.4 Å². The Labute approximate surface area is 158 Å². The lowest BCUT2D eigenvalue weighted by molar-refractivity contribution is -0.132. The minimum absolute atomic E-state index is 0.0301. The van der Waals surface area contributed by atoms with Crippen LogP contribution in [0, 0.1) is 6.92 Å². The Kier molecular flexibility index (Phi) is 5.86. The lowest BCUT2D eigenvalue weighted by Gasteiger charge is -2.19. The fraction of sp³-hybridized carbons (Fsp3) is 0.286. The van der Waals surface area contributed by atoms with Gasteiger partial charge in [0, 0.05) is 18.7 Å². The molecule has 0 saturated carbocycles. The lowest BCUT2D eigenvalue weighted by Crippen LogP contribution is -2.34. The average Bonchev–Trinajstić information content (AvgIpc) is 3.18. The number of carbonyl (C=O) groups excluding carboxylic acids is 1. The average molecular weight is 365 g/mol. The molecule has 1 heterocycles. The molecule has 3 aromatic rings. The molecule has 0 saturated heterocycles. The number of rotatable bonds is 7. The van der Waals surface area contributed by atoms with Crippen LogP contribution in [0.5, 0.6) is 5.75 Å². The van der Waals surface area contributed by atoms with Crippen molar-refractivity contribution in [2.45, 2.75) is 20.8 Å². The predicted octanol–water partition coefficient (Wildman–Crippen LogP) is 3.96. The van der Waals surface area contributed by atoms with E-state index >= 15 is 0 Å². The maximum Gasteiger partial charge on any atom is 0.262 e. The first-order valence-electron chi connectivity index (χ1n) is 9.03. The van der Waals surface area contributed by atoms with Crippen LogP contribution in [-0.2, 0) is 4.79 Å². The SMILES string of the molecule is CCN(CC)C(=O)COc1ccccc1-c1nc(-c2ccc(C)cc2)no1. The first-order chi connectivity index (χ1) is 13.1. The van der Waals surface area contributed by atoms with Crippen LogP contribution in [0.4, 0.5) is 0 Å². The molecular formula is C21H23N3O3. The second kappa shape index (κ2) is 8.49. The van der Waals surface area contributed by atoms with Crippen molar-refractivity contribution < 1.29 is 14.1 Å². The van der Waals surface area contributed by atoms with Gasteiger partial charge in [0.15, 0.2) is 6.61 Å². The van der Waals surface area contributed by atoms with Crippen LogP contribution < -0.4 is 4.74 Å². The van der Waals surface area contributed by atoms with Gasteiger partial charge < -0.3 is 14.2 Å². The van der Waals surface area contributed by atoms with E-state index in [4.69, 9.17) is 9.26 Å². The summed E-state index contributed by atoms with van der Waals surface area (Å²) in [6.07, 6.45) is 0. The number of hydrogen-bond acceptors (Lipinski definition) is 5. The molecule has 2 aromatic carbocycles. The molecule has 0 atom stereocenters. The van der Waals surface area contributed by atoms with Crippen molar-refractivity contribution in [2.75, 3.05) is 19.7 Å². The van der Waals surface area contributed by atoms with Gasteiger partial charge in [-0.1, -0.05) is 47.1 Å². The van der Waals surface area contributed by atoms with Crippen LogP contribution in [0.3, 0.4) is 0 Å². The maximum absolute atomic E-state index is 12.2. The van der Waals surface area contributed by atoms with E-state index in [1.807, 2.05) is 63.2 Å². The minimum atomic E-state index is -0.0549. The first kappa shape index (κ1) is 18.6. The third kappa shape index (κ3) is 4.34. The van der Waals surface area contributed by atoms with E-state index in [1.54, 1.807) is 11.0 Å². The zero-order valence-corrected chi connectivity index (χ0v) is 15.8. The molecule has 1 aromatic heterocycles. The molecule has 0 aliphatic heterocycles. The highest BCUT2D eigenvalue weighted by Crippen LogP contribution is 2.30. The van der Waals surface area contributed by atoms with Crippen LogP contribution in [-0.4, -0.2) is 40.6 Å². The van der Waals surface area contributed by atoms with Gasteiger partial charge in [-0.15, -0.1) is 0 Å². The van der Waals surface area contributed by atoms with Crippen molar-refractivity contribution in [1.82, 2.24) is 15.0 Å². The number of para-hydroxylation sites is 1. The Hall–Kier alpha value is -3.15. The molecular weight excluding hydrogens is 342 g/mol. The summed E-state index contributed by atoms with van der Waals surface area (Å²) >= 11 is 0. The van der Waals surface area contributed by atoms with Gasteiger partial charge in [0.1, 0.15) is 5.75 Å². The van der Waals surface area contributed by atoms with Gasteiger partial charge in [0.25, 0.3) is 11.8 Å². The fourth-order valence-electron chi connectivity index (χ4n) is 2.73. The monoisotopic (exact) mass is 365 g/mol. The van der Waals surface area contributed by atoms with Gasteiger partial charge in [0.2, 0.25) is 5.82 Å². The van der Waals surface area contributed by atoms with Gasteiger partial charge in [-0.2, -0.15) is 4.98 Å². The summed E-state index contributed by atoms with van der Waals surface area (Å²) < 4.78 is 11.2. The fourth-order valence-corrected chi connectivity index (χ4v) is 2.73. The van der Waals surface area contributed by atoms with Crippen LogP contribution in [0.25, 0.3) is 22.8 Å². The highest BCUT2D eigenvalue weighted by molar-refractivity contribution is 5.78. The molecule has 0 aliphatic carbocycles. The van der Waals surface area contributed by atoms with E-state index in [9.17, 15) is 4.79 Å². The van der Waals surface area contributed by atoms with Gasteiger partial charge >= 0.3 is 0 Å². The predicted molar refractivity (Wildman–Crippen MR) is 103 cm³/mol. The zero-order chi connectivity index (χ0) is 19.2. The summed E-state index contributed by atoms with van der Waals surface area (Å²) in [6.45, 7) is 7.20. The second-order valence-corrected chi connectivity index (χ2v) is 6.14. The summed E-state index contributed by atoms with van der Waals surface area (Å²) in [5.41, 5.74) is 2.71. The van der Waals surface area contributed by atoms with Crippen LogP contribution >= 0.6 is 0 Å². The smallest absolute Gasteiger partial charge is 0.262 e. The highest BCUT2D eigenvalue weighted by atomic mass is 16.5. The topological polar surface area (TPSA) is 68.5 Å². The van der Waals surface area contributed by atoms with E-state index in [1.165, 1.54) is 5.56 Å². The summed E-state index contributed by atoms with van der Waals surface area (Å²) in [4.78, 5) is 18.4. The number of aromatic nitrogens is 2. The Morgan fingerprint density at radius 1 is 1.07 bits per heavy atom. The summed E-state index contributed by atoms with van der Waals surface area (Å²) in [5.74, 6) is 1.35. The number of aryl methyl sites for hydroxylation is 1. The number of carbonyl (C=O) groups is 1. The molecule has 0 fully saturated rings. The molecule has 1 amide bonds. The van der Waals surface area contributed by atoms with Crippen molar-refractivity contribution in [3.05, 3.63) is 54.1 Å². The molecule has 0 N–H and O–H groups in total. The third-order valence-corrected chi connectivity index (χ3v) is 4.32. The van der Waals surface area contributed by atoms with E-state index in [0.29, 0.717) is 36.1 Å². The van der Waals surface area contributed by atoms with Crippen LogP contribution in [0.15, 0.2) is 53.1 Å². The van der Waals surface area contributed by atoms with Gasteiger partial charge in [-0.05, 0) is 32.9 Å². The van der Waals surface area contributed by atoms with Crippen LogP contribution in [0.2, 0.25) is 0 Å². The molecule has 6 nitrogen and oxygen atoms in total. The largest absolute Gasteiger partial charge is 0.483 e. The van der Waals surface area contributed by atoms with Gasteiger partial charge in [-0.25, -0.2) is 0 Å². The van der Waals surface area contributed by atoms with E-state index in [-0.39, 0.29) is 12.5 Å². The van der Waals surface area contributed by atoms with E-state index in [2.05, 4.69) is 10.1 Å². The molecule has 0 unspecified atom stereocenters. The maximum atomic E-state index is 12.2. The number of nitrogens with zero attached hydrogens (tertiary/aromatic N) is 3. The quantitative estimate of drug-likeness (QED) is 0.634. The molecule has 6 heteroatoms. The van der Waals surface area contributed by atoms with Crippen molar-refractivity contribution in [3.8, 4) is 28.6 Å². The summed E-state index contributed by atoms with van der Waals surface area (Å²) in [6, 6.07) is 15.2. The Bertz CT molecular complexity index is 899. The van der Waals surface area contributed by atoms with Crippen molar-refractivity contribution >= 4 is 5.91 Å². The minimum Gasteiger partial charge on any atom is -0.483 e. The number of ether oxygens (including phenoxy) is 1. The van der Waals surface area contributed by atoms with E-state index < -0.39 is 0 Å². The lowest BCUT2D eigenvalue weighted by atomic mass is 10.1. The van der Waals surface area contributed by atoms with Crippen molar-refractivity contribution in [2.24, 2.45) is 0 Å². The number of hydrogen-bond donors (Lipinski definition) is 0. The molecule has 3 rings (SSSR count). The Balaban J connectivity index is 1.80.